The molecule has 0 saturated carbocycles. The number of halogens is 4. The third-order valence-corrected chi connectivity index (χ3v) is 3.63. The number of hydrogen-bond donors (Lipinski definition) is 0. The molecule has 0 radical (unpaired) electrons. The van der Waals surface area contributed by atoms with Gasteiger partial charge in [-0.3, -0.25) is 0 Å². The number of benzene rings is 1. The number of imidazole rings is 1. The van der Waals surface area contributed by atoms with Crippen LogP contribution in [0.5, 0.6) is 0 Å². The van der Waals surface area contributed by atoms with Crippen LogP contribution in [0.15, 0.2) is 18.2 Å². The molecule has 1 heterocycles. The Morgan fingerprint density at radius 3 is 2.45 bits per heavy atom. The Bertz CT molecular complexity index is 617. The van der Waals surface area contributed by atoms with Gasteiger partial charge in [-0.15, -0.1) is 11.6 Å². The number of rotatable bonds is 3. The van der Waals surface area contributed by atoms with Crippen molar-refractivity contribution in [2.45, 2.75) is 44.8 Å². The lowest BCUT2D eigenvalue weighted by molar-refractivity contribution is -0.137. The molecule has 0 N–H and O–H groups in total. The van der Waals surface area contributed by atoms with Gasteiger partial charge in [-0.25, -0.2) is 4.98 Å². The van der Waals surface area contributed by atoms with E-state index in [4.69, 9.17) is 11.6 Å². The Balaban J connectivity index is 2.68. The lowest BCUT2D eigenvalue weighted by Crippen LogP contribution is -2.09. The van der Waals surface area contributed by atoms with Gasteiger partial charge in [0.2, 0.25) is 0 Å². The summed E-state index contributed by atoms with van der Waals surface area (Å²) in [6.07, 6.45) is -3.51. The Morgan fingerprint density at radius 2 is 1.95 bits per heavy atom. The summed E-state index contributed by atoms with van der Waals surface area (Å²) in [4.78, 5) is 4.29. The van der Waals surface area contributed by atoms with Crippen LogP contribution in [0.1, 0.15) is 50.0 Å². The molecule has 2 nitrogen and oxygen atoms in total. The first-order valence-corrected chi connectivity index (χ1v) is 6.92. The maximum absolute atomic E-state index is 12.7. The summed E-state index contributed by atoms with van der Waals surface area (Å²) in [5.41, 5.74) is 0.338. The second kappa shape index (κ2) is 5.28. The van der Waals surface area contributed by atoms with Crippen LogP contribution in [0.25, 0.3) is 11.0 Å². The van der Waals surface area contributed by atoms with Crippen molar-refractivity contribution in [3.05, 3.63) is 29.6 Å². The van der Waals surface area contributed by atoms with Gasteiger partial charge in [-0.2, -0.15) is 13.2 Å². The van der Waals surface area contributed by atoms with Gasteiger partial charge < -0.3 is 4.57 Å². The molecule has 2 rings (SSSR count). The summed E-state index contributed by atoms with van der Waals surface area (Å²) in [6, 6.07) is 3.77. The summed E-state index contributed by atoms with van der Waals surface area (Å²) in [5.74, 6) is 0.607. The highest BCUT2D eigenvalue weighted by molar-refractivity contribution is 6.20. The topological polar surface area (TPSA) is 17.8 Å². The van der Waals surface area contributed by atoms with Crippen LogP contribution in [0.3, 0.4) is 0 Å². The van der Waals surface area contributed by atoms with Crippen LogP contribution >= 0.6 is 11.6 Å². The predicted molar refractivity (Wildman–Crippen MR) is 74.0 cm³/mol. The van der Waals surface area contributed by atoms with Gasteiger partial charge in [0.15, 0.2) is 0 Å². The lowest BCUT2D eigenvalue weighted by atomic mass is 10.2. The molecule has 0 aliphatic carbocycles. The second-order valence-electron chi connectivity index (χ2n) is 4.91. The van der Waals surface area contributed by atoms with E-state index in [2.05, 4.69) is 4.98 Å². The summed E-state index contributed by atoms with van der Waals surface area (Å²) in [6.45, 7) is 5.79. The van der Waals surface area contributed by atoms with E-state index in [9.17, 15) is 13.2 Å². The van der Waals surface area contributed by atoms with Gasteiger partial charge in [0.1, 0.15) is 5.82 Å². The van der Waals surface area contributed by atoms with E-state index in [0.29, 0.717) is 16.9 Å². The zero-order valence-corrected chi connectivity index (χ0v) is 12.3. The monoisotopic (exact) mass is 304 g/mol. The Kier molecular flexibility index (Phi) is 4.00. The molecule has 110 valence electrons. The SMILES string of the molecule is CCC(C)n1c(C(C)Cl)nc2cc(C(F)(F)F)ccc21. The van der Waals surface area contributed by atoms with Crippen LogP contribution in [0.4, 0.5) is 13.2 Å². The molecule has 0 fully saturated rings. The molecule has 0 aliphatic rings. The minimum absolute atomic E-state index is 0.132. The van der Waals surface area contributed by atoms with Gasteiger partial charge in [0.05, 0.1) is 22.0 Å². The van der Waals surface area contributed by atoms with Crippen molar-refractivity contribution < 1.29 is 13.2 Å². The molecule has 20 heavy (non-hydrogen) atoms. The minimum Gasteiger partial charge on any atom is -0.324 e. The molecule has 2 atom stereocenters. The van der Waals surface area contributed by atoms with Crippen molar-refractivity contribution in [1.82, 2.24) is 9.55 Å². The third-order valence-electron chi connectivity index (χ3n) is 3.43. The van der Waals surface area contributed by atoms with Crippen molar-refractivity contribution in [2.75, 3.05) is 0 Å². The fraction of sp³-hybridized carbons (Fsp3) is 0.500. The fourth-order valence-electron chi connectivity index (χ4n) is 2.22. The van der Waals surface area contributed by atoms with Crippen molar-refractivity contribution in [1.29, 1.82) is 0 Å². The minimum atomic E-state index is -4.36. The maximum Gasteiger partial charge on any atom is 0.416 e. The van der Waals surface area contributed by atoms with Crippen molar-refractivity contribution in [2.24, 2.45) is 0 Å². The van der Waals surface area contributed by atoms with Crippen LogP contribution in [-0.4, -0.2) is 9.55 Å². The first-order valence-electron chi connectivity index (χ1n) is 6.48. The number of fused-ring (bicyclic) bond motifs is 1. The zero-order chi connectivity index (χ0) is 15.1. The zero-order valence-electron chi connectivity index (χ0n) is 11.5. The van der Waals surface area contributed by atoms with E-state index >= 15 is 0 Å². The normalized spacial score (nSPS) is 15.6. The van der Waals surface area contributed by atoms with Gasteiger partial charge in [-0.05, 0) is 38.5 Å². The third kappa shape index (κ3) is 2.64. The summed E-state index contributed by atoms with van der Waals surface area (Å²) >= 11 is 6.10. The highest BCUT2D eigenvalue weighted by Crippen LogP contribution is 2.34. The molecule has 2 aromatic rings. The molecule has 1 aromatic carbocycles. The fourth-order valence-corrected chi connectivity index (χ4v) is 2.37. The molecule has 0 bridgehead atoms. The molecule has 1 aromatic heterocycles. The average Bonchev–Trinajstić information content (AvgIpc) is 2.75. The Hall–Kier alpha value is -1.23. The highest BCUT2D eigenvalue weighted by atomic mass is 35.5. The van der Waals surface area contributed by atoms with Gasteiger partial charge in [0.25, 0.3) is 0 Å². The number of hydrogen-bond acceptors (Lipinski definition) is 1. The highest BCUT2D eigenvalue weighted by Gasteiger charge is 2.31. The van der Waals surface area contributed by atoms with Gasteiger partial charge in [0, 0.05) is 6.04 Å². The second-order valence-corrected chi connectivity index (χ2v) is 5.57. The maximum atomic E-state index is 12.7. The standard InChI is InChI=1S/C14H16ClF3N2/c1-4-8(2)20-12-6-5-10(14(16,17)18)7-11(12)19-13(20)9(3)15/h5-9H,4H2,1-3H3. The van der Waals surface area contributed by atoms with E-state index < -0.39 is 11.7 Å². The lowest BCUT2D eigenvalue weighted by Gasteiger charge is -2.17. The van der Waals surface area contributed by atoms with E-state index in [1.807, 2.05) is 18.4 Å². The summed E-state index contributed by atoms with van der Waals surface area (Å²) < 4.78 is 40.2. The van der Waals surface area contributed by atoms with Crippen LogP contribution in [-0.2, 0) is 6.18 Å². The van der Waals surface area contributed by atoms with Gasteiger partial charge in [-0.1, -0.05) is 6.92 Å². The van der Waals surface area contributed by atoms with E-state index in [1.165, 1.54) is 6.07 Å². The average molecular weight is 305 g/mol. The molecule has 0 spiro atoms. The Morgan fingerprint density at radius 1 is 1.30 bits per heavy atom. The largest absolute Gasteiger partial charge is 0.416 e. The first kappa shape index (κ1) is 15.2. The van der Waals surface area contributed by atoms with Gasteiger partial charge >= 0.3 is 6.18 Å². The Labute approximate surface area is 120 Å². The first-order chi connectivity index (χ1) is 9.25. The number of nitrogens with zero attached hydrogens (tertiary/aromatic N) is 2. The summed E-state index contributed by atoms with van der Waals surface area (Å²) in [5, 5.41) is -0.356. The van der Waals surface area contributed by atoms with E-state index in [-0.39, 0.29) is 11.4 Å². The van der Waals surface area contributed by atoms with Crippen molar-refractivity contribution in [3.63, 3.8) is 0 Å². The molecule has 2 unspecified atom stereocenters. The van der Waals surface area contributed by atoms with Crippen LogP contribution < -0.4 is 0 Å². The van der Waals surface area contributed by atoms with Crippen LogP contribution in [0.2, 0.25) is 0 Å². The van der Waals surface area contributed by atoms with Crippen molar-refractivity contribution >= 4 is 22.6 Å². The smallest absolute Gasteiger partial charge is 0.324 e. The molecule has 0 amide bonds. The van der Waals surface area contributed by atoms with E-state index in [1.54, 1.807) is 6.92 Å². The molecule has 0 saturated heterocycles. The van der Waals surface area contributed by atoms with Crippen LogP contribution in [0, 0.1) is 0 Å². The predicted octanol–water partition coefficient (Wildman–Crippen LogP) is 5.33. The quantitative estimate of drug-likeness (QED) is 0.701. The number of aromatic nitrogens is 2. The van der Waals surface area contributed by atoms with E-state index in [0.717, 1.165) is 18.6 Å². The molecule has 6 heteroatoms. The number of alkyl halides is 4. The summed E-state index contributed by atoms with van der Waals surface area (Å²) in [7, 11) is 0. The van der Waals surface area contributed by atoms with Crippen molar-refractivity contribution in [3.8, 4) is 0 Å². The molecular weight excluding hydrogens is 289 g/mol. The molecule has 0 aliphatic heterocycles. The molecular formula is C14H16ClF3N2.